The van der Waals surface area contributed by atoms with E-state index < -0.39 is 5.92 Å². The van der Waals surface area contributed by atoms with Crippen LogP contribution < -0.4 is 19.7 Å². The average molecular weight is 454 g/mol. The van der Waals surface area contributed by atoms with Crippen LogP contribution in [-0.2, 0) is 9.59 Å². The first-order valence-electron chi connectivity index (χ1n) is 10.4. The molecule has 32 heavy (non-hydrogen) atoms. The monoisotopic (exact) mass is 453 g/mol. The predicted molar refractivity (Wildman–Crippen MR) is 120 cm³/mol. The Balaban J connectivity index is 1.32. The van der Waals surface area contributed by atoms with Gasteiger partial charge in [-0.15, -0.1) is 10.2 Å². The second-order valence-electron chi connectivity index (χ2n) is 7.77. The SMILES string of the molecule is CSCCC(NC(=O)C1CC(=O)N(c2ccc3c(c2)OCO3)C1)c1nnc2ccccn12. The largest absolute Gasteiger partial charge is 0.454 e. The number of hydrogen-bond acceptors (Lipinski definition) is 7. The summed E-state index contributed by atoms with van der Waals surface area (Å²) in [6, 6.07) is 10.8. The Morgan fingerprint density at radius 2 is 2.12 bits per heavy atom. The number of fused-ring (bicyclic) bond motifs is 2. The maximum absolute atomic E-state index is 13.2. The smallest absolute Gasteiger partial charge is 0.231 e. The van der Waals surface area contributed by atoms with E-state index >= 15 is 0 Å². The van der Waals surface area contributed by atoms with E-state index in [1.165, 1.54) is 0 Å². The van der Waals surface area contributed by atoms with Gasteiger partial charge in [-0.1, -0.05) is 6.07 Å². The summed E-state index contributed by atoms with van der Waals surface area (Å²) in [6.45, 7) is 0.493. The highest BCUT2D eigenvalue weighted by Gasteiger charge is 2.37. The van der Waals surface area contributed by atoms with Crippen LogP contribution in [0, 0.1) is 5.92 Å². The van der Waals surface area contributed by atoms with Crippen molar-refractivity contribution >= 4 is 34.9 Å². The highest BCUT2D eigenvalue weighted by atomic mass is 32.2. The molecule has 3 aromatic rings. The first-order chi connectivity index (χ1) is 15.6. The molecule has 2 aromatic heterocycles. The van der Waals surface area contributed by atoms with E-state index in [0.717, 1.165) is 17.8 Å². The summed E-state index contributed by atoms with van der Waals surface area (Å²) < 4.78 is 12.7. The number of nitrogens with zero attached hydrogens (tertiary/aromatic N) is 4. The molecule has 1 aromatic carbocycles. The number of rotatable bonds is 7. The maximum atomic E-state index is 13.2. The third kappa shape index (κ3) is 3.86. The Bertz CT molecular complexity index is 1170. The van der Waals surface area contributed by atoms with Crippen LogP contribution in [0.3, 0.4) is 0 Å². The van der Waals surface area contributed by atoms with Gasteiger partial charge in [0.25, 0.3) is 0 Å². The number of pyridine rings is 1. The van der Waals surface area contributed by atoms with Gasteiger partial charge in [0.15, 0.2) is 23.0 Å². The van der Waals surface area contributed by atoms with Crippen LogP contribution >= 0.6 is 11.8 Å². The zero-order valence-corrected chi connectivity index (χ0v) is 18.4. The lowest BCUT2D eigenvalue weighted by atomic mass is 10.1. The molecule has 2 atom stereocenters. The van der Waals surface area contributed by atoms with Gasteiger partial charge in [-0.05, 0) is 42.7 Å². The highest BCUT2D eigenvalue weighted by molar-refractivity contribution is 7.98. The van der Waals surface area contributed by atoms with Gasteiger partial charge < -0.3 is 19.7 Å². The summed E-state index contributed by atoms with van der Waals surface area (Å²) >= 11 is 1.71. The van der Waals surface area contributed by atoms with E-state index in [4.69, 9.17) is 9.47 Å². The van der Waals surface area contributed by atoms with Crippen molar-refractivity contribution in [1.29, 1.82) is 0 Å². The topological polar surface area (TPSA) is 98.1 Å². The molecule has 166 valence electrons. The van der Waals surface area contributed by atoms with Crippen LogP contribution in [-0.4, -0.2) is 51.8 Å². The molecule has 0 radical (unpaired) electrons. The first-order valence-corrected chi connectivity index (χ1v) is 11.8. The Morgan fingerprint density at radius 3 is 3.00 bits per heavy atom. The van der Waals surface area contributed by atoms with Crippen LogP contribution in [0.25, 0.3) is 5.65 Å². The number of carbonyl (C=O) groups excluding carboxylic acids is 2. The van der Waals surface area contributed by atoms with E-state index in [-0.39, 0.29) is 31.1 Å². The molecule has 10 heteroatoms. The number of anilines is 1. The molecule has 4 heterocycles. The van der Waals surface area contributed by atoms with Crippen LogP contribution in [0.2, 0.25) is 0 Å². The van der Waals surface area contributed by atoms with Crippen molar-refractivity contribution in [2.75, 3.05) is 30.2 Å². The van der Waals surface area contributed by atoms with Crippen molar-refractivity contribution in [2.45, 2.75) is 18.9 Å². The number of nitrogens with one attached hydrogen (secondary N) is 1. The Morgan fingerprint density at radius 1 is 1.25 bits per heavy atom. The number of ether oxygens (including phenoxy) is 2. The molecule has 0 bridgehead atoms. The van der Waals surface area contributed by atoms with Crippen molar-refractivity contribution < 1.29 is 19.1 Å². The zero-order valence-electron chi connectivity index (χ0n) is 17.6. The zero-order chi connectivity index (χ0) is 22.1. The van der Waals surface area contributed by atoms with E-state index in [1.807, 2.05) is 41.1 Å². The van der Waals surface area contributed by atoms with Crippen molar-refractivity contribution in [3.05, 3.63) is 48.4 Å². The molecule has 2 unspecified atom stereocenters. The second kappa shape index (κ2) is 8.70. The number of benzene rings is 1. The minimum absolute atomic E-state index is 0.0855. The molecule has 2 aliphatic heterocycles. The quantitative estimate of drug-likeness (QED) is 0.587. The van der Waals surface area contributed by atoms with Gasteiger partial charge in [0.2, 0.25) is 18.6 Å². The third-order valence-corrected chi connectivity index (χ3v) is 6.39. The van der Waals surface area contributed by atoms with E-state index in [0.29, 0.717) is 29.6 Å². The number of aromatic nitrogens is 3. The van der Waals surface area contributed by atoms with E-state index in [2.05, 4.69) is 15.5 Å². The Kier molecular flexibility index (Phi) is 5.60. The molecular formula is C22H23N5O4S. The van der Waals surface area contributed by atoms with Crippen molar-refractivity contribution in [3.63, 3.8) is 0 Å². The molecule has 1 fully saturated rings. The molecule has 1 saturated heterocycles. The average Bonchev–Trinajstić information content (AvgIpc) is 3.54. The summed E-state index contributed by atoms with van der Waals surface area (Å²) in [5.41, 5.74) is 1.44. The second-order valence-corrected chi connectivity index (χ2v) is 8.76. The van der Waals surface area contributed by atoms with Crippen molar-refractivity contribution in [1.82, 2.24) is 19.9 Å². The number of amides is 2. The van der Waals surface area contributed by atoms with Gasteiger partial charge in [-0.3, -0.25) is 14.0 Å². The fourth-order valence-corrected chi connectivity index (χ4v) is 4.55. The molecule has 9 nitrogen and oxygen atoms in total. The minimum Gasteiger partial charge on any atom is -0.454 e. The highest BCUT2D eigenvalue weighted by Crippen LogP contribution is 2.37. The van der Waals surface area contributed by atoms with E-state index in [1.54, 1.807) is 28.8 Å². The molecule has 0 aliphatic carbocycles. The predicted octanol–water partition coefficient (Wildman–Crippen LogP) is 2.42. The maximum Gasteiger partial charge on any atom is 0.231 e. The normalized spacial score (nSPS) is 18.3. The summed E-state index contributed by atoms with van der Waals surface area (Å²) in [4.78, 5) is 27.5. The summed E-state index contributed by atoms with van der Waals surface area (Å²) in [6.07, 6.45) is 4.80. The van der Waals surface area contributed by atoms with Gasteiger partial charge in [-0.2, -0.15) is 11.8 Å². The molecule has 5 rings (SSSR count). The van der Waals surface area contributed by atoms with Crippen molar-refractivity contribution in [3.8, 4) is 11.5 Å². The Hall–Kier alpha value is -3.27. The fourth-order valence-electron chi connectivity index (χ4n) is 4.07. The van der Waals surface area contributed by atoms with Crippen molar-refractivity contribution in [2.24, 2.45) is 5.92 Å². The molecule has 2 amide bonds. The molecular weight excluding hydrogens is 430 g/mol. The van der Waals surface area contributed by atoms with Crippen LogP contribution in [0.15, 0.2) is 42.6 Å². The number of hydrogen-bond donors (Lipinski definition) is 1. The van der Waals surface area contributed by atoms with E-state index in [9.17, 15) is 9.59 Å². The standard InChI is InChI=1S/C22H23N5O4S/c1-32-9-7-16(21-25-24-19-4-2-3-8-26(19)21)23-22(29)14-10-20(28)27(12-14)15-5-6-17-18(11-15)31-13-30-17/h2-6,8,11,14,16H,7,9-10,12-13H2,1H3,(H,23,29). The van der Waals surface area contributed by atoms with Gasteiger partial charge in [0.1, 0.15) is 0 Å². The summed E-state index contributed by atoms with van der Waals surface area (Å²) in [5.74, 6) is 2.15. The summed E-state index contributed by atoms with van der Waals surface area (Å²) in [7, 11) is 0. The molecule has 2 aliphatic rings. The van der Waals surface area contributed by atoms with Gasteiger partial charge >= 0.3 is 0 Å². The molecule has 1 N–H and O–H groups in total. The lowest BCUT2D eigenvalue weighted by molar-refractivity contribution is -0.127. The van der Waals surface area contributed by atoms with Gasteiger partial charge in [0.05, 0.1) is 12.0 Å². The number of carbonyl (C=O) groups is 2. The lowest BCUT2D eigenvalue weighted by Gasteiger charge is -2.20. The number of thioether (sulfide) groups is 1. The van der Waals surface area contributed by atoms with Gasteiger partial charge in [-0.25, -0.2) is 0 Å². The fraction of sp³-hybridized carbons (Fsp3) is 0.364. The lowest BCUT2D eigenvalue weighted by Crippen LogP contribution is -2.36. The third-order valence-electron chi connectivity index (χ3n) is 5.74. The molecule has 0 spiro atoms. The summed E-state index contributed by atoms with van der Waals surface area (Å²) in [5, 5.41) is 11.7. The van der Waals surface area contributed by atoms with Gasteiger partial charge in [0, 0.05) is 30.9 Å². The van der Waals surface area contributed by atoms with Crippen LogP contribution in [0.4, 0.5) is 5.69 Å². The Labute approximate surface area is 189 Å². The van der Waals surface area contributed by atoms with Crippen LogP contribution in [0.5, 0.6) is 11.5 Å². The first kappa shape index (κ1) is 20.6. The molecule has 0 saturated carbocycles. The minimum atomic E-state index is -0.441. The van der Waals surface area contributed by atoms with Crippen LogP contribution in [0.1, 0.15) is 24.7 Å².